The lowest BCUT2D eigenvalue weighted by molar-refractivity contribution is -0.274. The zero-order valence-corrected chi connectivity index (χ0v) is 11.5. The van der Waals surface area contributed by atoms with Crippen LogP contribution in [-0.2, 0) is 4.74 Å². The van der Waals surface area contributed by atoms with Crippen LogP contribution in [0.3, 0.4) is 0 Å². The van der Waals surface area contributed by atoms with Gasteiger partial charge in [0.25, 0.3) is 0 Å². The minimum Gasteiger partial charge on any atom is -0.462 e. The molecule has 0 saturated carbocycles. The van der Waals surface area contributed by atoms with Gasteiger partial charge in [-0.25, -0.2) is 4.79 Å². The average Bonchev–Trinajstić information content (AvgIpc) is 2.93. The molecular formula is C14H12F3NO4. The second kappa shape index (κ2) is 6.50. The third kappa shape index (κ3) is 3.78. The summed E-state index contributed by atoms with van der Waals surface area (Å²) in [6.45, 7) is 2.00. The number of benzene rings is 1. The van der Waals surface area contributed by atoms with Gasteiger partial charge in [0.2, 0.25) is 0 Å². The van der Waals surface area contributed by atoms with Crippen molar-refractivity contribution in [3.8, 4) is 17.0 Å². The highest BCUT2D eigenvalue weighted by Crippen LogP contribution is 2.34. The number of carbonyl (C=O) groups excluding carboxylic acids is 1. The molecule has 1 aromatic carbocycles. The first-order chi connectivity index (χ1) is 10.4. The number of ether oxygens (including phenoxy) is 2. The third-order valence-corrected chi connectivity index (χ3v) is 2.59. The summed E-state index contributed by atoms with van der Waals surface area (Å²) in [6, 6.07) is 5.34. The summed E-state index contributed by atoms with van der Waals surface area (Å²) < 4.78 is 50.9. The summed E-state index contributed by atoms with van der Waals surface area (Å²) in [5.74, 6) is -1.20. The Balaban J connectivity index is 2.37. The first-order valence-electron chi connectivity index (χ1n) is 6.39. The fourth-order valence-corrected chi connectivity index (χ4v) is 1.72. The van der Waals surface area contributed by atoms with E-state index in [1.54, 1.807) is 0 Å². The molecule has 8 heteroatoms. The van der Waals surface area contributed by atoms with Crippen LogP contribution in [0.25, 0.3) is 11.3 Å². The Morgan fingerprint density at radius 3 is 2.73 bits per heavy atom. The highest BCUT2D eigenvalue weighted by atomic mass is 19.4. The summed E-state index contributed by atoms with van der Waals surface area (Å²) in [7, 11) is 0. The van der Waals surface area contributed by atoms with Gasteiger partial charge in [-0.1, -0.05) is 24.2 Å². The van der Waals surface area contributed by atoms with E-state index in [2.05, 4.69) is 9.89 Å². The molecule has 1 aromatic heterocycles. The monoisotopic (exact) mass is 315 g/mol. The molecule has 2 aromatic rings. The van der Waals surface area contributed by atoms with Gasteiger partial charge in [0.05, 0.1) is 6.61 Å². The first-order valence-corrected chi connectivity index (χ1v) is 6.39. The van der Waals surface area contributed by atoms with Crippen molar-refractivity contribution in [2.24, 2.45) is 0 Å². The van der Waals surface area contributed by atoms with Gasteiger partial charge in [-0.05, 0) is 18.6 Å². The van der Waals surface area contributed by atoms with Crippen LogP contribution in [0.4, 0.5) is 13.2 Å². The number of carbonyl (C=O) groups is 1. The highest BCUT2D eigenvalue weighted by molar-refractivity contribution is 5.96. The molecule has 0 unspecified atom stereocenters. The maximum absolute atomic E-state index is 12.4. The van der Waals surface area contributed by atoms with Crippen LogP contribution in [0.2, 0.25) is 0 Å². The van der Waals surface area contributed by atoms with Crippen molar-refractivity contribution >= 4 is 5.97 Å². The standard InChI is InChI=1S/C14H12F3NO4/c1-2-7-20-13(19)10-8-21-18-12(10)9-5-3-4-6-11(9)22-14(15,16)17/h3-6,8H,2,7H2,1H3. The van der Waals surface area contributed by atoms with Crippen molar-refractivity contribution in [3.05, 3.63) is 36.1 Å². The van der Waals surface area contributed by atoms with E-state index >= 15 is 0 Å². The second-order valence-corrected chi connectivity index (χ2v) is 4.26. The molecule has 0 aliphatic carbocycles. The van der Waals surface area contributed by atoms with E-state index in [1.807, 2.05) is 6.92 Å². The minimum atomic E-state index is -4.86. The van der Waals surface area contributed by atoms with Gasteiger partial charge in [-0.15, -0.1) is 13.2 Å². The van der Waals surface area contributed by atoms with Crippen LogP contribution in [0, 0.1) is 0 Å². The Hall–Kier alpha value is -2.51. The van der Waals surface area contributed by atoms with Gasteiger partial charge in [-0.3, -0.25) is 0 Å². The van der Waals surface area contributed by atoms with Crippen molar-refractivity contribution in [2.75, 3.05) is 6.61 Å². The molecule has 0 amide bonds. The van der Waals surface area contributed by atoms with Crippen LogP contribution < -0.4 is 4.74 Å². The number of alkyl halides is 3. The predicted octanol–water partition coefficient (Wildman–Crippen LogP) is 3.81. The number of hydrogen-bond acceptors (Lipinski definition) is 5. The number of hydrogen-bond donors (Lipinski definition) is 0. The van der Waals surface area contributed by atoms with Gasteiger partial charge >= 0.3 is 12.3 Å². The minimum absolute atomic E-state index is 0.0166. The second-order valence-electron chi connectivity index (χ2n) is 4.26. The number of rotatable bonds is 5. The van der Waals surface area contributed by atoms with E-state index in [0.29, 0.717) is 6.42 Å². The van der Waals surface area contributed by atoms with Crippen LogP contribution in [0.5, 0.6) is 5.75 Å². The fraction of sp³-hybridized carbons (Fsp3) is 0.286. The first kappa shape index (κ1) is 15.9. The van der Waals surface area contributed by atoms with Gasteiger partial charge in [0, 0.05) is 5.56 Å². The largest absolute Gasteiger partial charge is 0.573 e. The number of aromatic nitrogens is 1. The lowest BCUT2D eigenvalue weighted by Gasteiger charge is -2.12. The maximum atomic E-state index is 12.4. The molecular weight excluding hydrogens is 303 g/mol. The van der Waals surface area contributed by atoms with Crippen molar-refractivity contribution in [1.82, 2.24) is 5.16 Å². The third-order valence-electron chi connectivity index (χ3n) is 2.59. The summed E-state index contributed by atoms with van der Waals surface area (Å²) in [5.41, 5.74) is -0.148. The molecule has 22 heavy (non-hydrogen) atoms. The Kier molecular flexibility index (Phi) is 4.69. The molecule has 0 aliphatic rings. The topological polar surface area (TPSA) is 61.6 Å². The van der Waals surface area contributed by atoms with E-state index in [-0.39, 0.29) is 23.4 Å². The Morgan fingerprint density at radius 1 is 1.32 bits per heavy atom. The molecule has 0 atom stereocenters. The smallest absolute Gasteiger partial charge is 0.462 e. The zero-order valence-electron chi connectivity index (χ0n) is 11.5. The van der Waals surface area contributed by atoms with Crippen molar-refractivity contribution in [1.29, 1.82) is 0 Å². The molecule has 0 radical (unpaired) electrons. The molecule has 0 fully saturated rings. The van der Waals surface area contributed by atoms with E-state index < -0.39 is 18.1 Å². The van der Waals surface area contributed by atoms with Crippen LogP contribution in [0.1, 0.15) is 23.7 Å². The summed E-state index contributed by atoms with van der Waals surface area (Å²) in [4.78, 5) is 11.9. The van der Waals surface area contributed by atoms with E-state index in [1.165, 1.54) is 18.2 Å². The van der Waals surface area contributed by atoms with Gasteiger partial charge in [-0.2, -0.15) is 0 Å². The van der Waals surface area contributed by atoms with Crippen LogP contribution >= 0.6 is 0 Å². The quantitative estimate of drug-likeness (QED) is 0.785. The predicted molar refractivity (Wildman–Crippen MR) is 69.2 cm³/mol. The van der Waals surface area contributed by atoms with Crippen LogP contribution in [-0.4, -0.2) is 24.1 Å². The number of halogens is 3. The summed E-state index contributed by atoms with van der Waals surface area (Å²) in [5, 5.41) is 3.58. The normalized spacial score (nSPS) is 11.3. The Morgan fingerprint density at radius 2 is 2.05 bits per heavy atom. The van der Waals surface area contributed by atoms with Gasteiger partial charge in [0.15, 0.2) is 0 Å². The number of para-hydroxylation sites is 1. The highest BCUT2D eigenvalue weighted by Gasteiger charge is 2.33. The lowest BCUT2D eigenvalue weighted by atomic mass is 10.1. The lowest BCUT2D eigenvalue weighted by Crippen LogP contribution is -2.17. The van der Waals surface area contributed by atoms with Gasteiger partial charge < -0.3 is 14.0 Å². The maximum Gasteiger partial charge on any atom is 0.573 e. The molecule has 0 spiro atoms. The molecule has 2 rings (SSSR count). The summed E-state index contributed by atoms with van der Waals surface area (Å²) in [6.07, 6.45) is -3.22. The molecule has 0 saturated heterocycles. The fourth-order valence-electron chi connectivity index (χ4n) is 1.72. The summed E-state index contributed by atoms with van der Waals surface area (Å²) >= 11 is 0. The van der Waals surface area contributed by atoms with Crippen molar-refractivity contribution in [3.63, 3.8) is 0 Å². The SMILES string of the molecule is CCCOC(=O)c1conc1-c1ccccc1OC(F)(F)F. The van der Waals surface area contributed by atoms with Gasteiger partial charge in [0.1, 0.15) is 23.3 Å². The van der Waals surface area contributed by atoms with Crippen molar-refractivity contribution in [2.45, 2.75) is 19.7 Å². The molecule has 1 heterocycles. The Labute approximate surface area is 123 Å². The Bertz CT molecular complexity index is 652. The average molecular weight is 315 g/mol. The van der Waals surface area contributed by atoms with Crippen LogP contribution in [0.15, 0.2) is 35.1 Å². The van der Waals surface area contributed by atoms with Crippen molar-refractivity contribution < 1.29 is 32.0 Å². The van der Waals surface area contributed by atoms with E-state index in [9.17, 15) is 18.0 Å². The number of nitrogens with zero attached hydrogens (tertiary/aromatic N) is 1. The molecule has 5 nitrogen and oxygen atoms in total. The molecule has 0 bridgehead atoms. The number of esters is 1. The van der Waals surface area contributed by atoms with E-state index in [0.717, 1.165) is 12.3 Å². The molecule has 0 N–H and O–H groups in total. The van der Waals surface area contributed by atoms with E-state index in [4.69, 9.17) is 9.26 Å². The zero-order chi connectivity index (χ0) is 16.2. The molecule has 0 aliphatic heterocycles. The molecule has 118 valence electrons.